The summed E-state index contributed by atoms with van der Waals surface area (Å²) in [5.74, 6) is -0.0977. The normalized spacial score (nSPS) is 15.0. The molecule has 0 aliphatic heterocycles. The van der Waals surface area contributed by atoms with Gasteiger partial charge < -0.3 is 15.9 Å². The van der Waals surface area contributed by atoms with E-state index in [0.29, 0.717) is 11.3 Å². The molecule has 0 saturated carbocycles. The lowest BCUT2D eigenvalue weighted by molar-refractivity contribution is 0.0328. The molecule has 0 radical (unpaired) electrons. The van der Waals surface area contributed by atoms with Gasteiger partial charge >= 0.3 is 0 Å². The lowest BCUT2D eigenvalue weighted by atomic mass is 10.0. The van der Waals surface area contributed by atoms with Crippen LogP contribution in [0.4, 0.5) is 5.69 Å². The van der Waals surface area contributed by atoms with Gasteiger partial charge in [-0.1, -0.05) is 23.2 Å². The molecule has 6 heteroatoms. The average molecular weight is 271 g/mol. The van der Waals surface area contributed by atoms with Gasteiger partial charge in [-0.2, -0.15) is 0 Å². The standard InChI is InChI=1S/C9H10Cl3NO2/c10-3-8(14)9(15)4-1-6(12)7(13)2-5(4)11/h1-2,8-9,14-15H,3,13H2. The average Bonchev–Trinajstić information content (AvgIpc) is 2.21. The lowest BCUT2D eigenvalue weighted by Gasteiger charge is -2.17. The van der Waals surface area contributed by atoms with Crippen LogP contribution in [0.1, 0.15) is 11.7 Å². The van der Waals surface area contributed by atoms with E-state index in [1.165, 1.54) is 12.1 Å². The molecule has 1 aromatic rings. The Hall–Kier alpha value is -0.190. The monoisotopic (exact) mass is 269 g/mol. The minimum Gasteiger partial charge on any atom is -0.397 e. The highest BCUT2D eigenvalue weighted by atomic mass is 35.5. The molecule has 0 saturated heterocycles. The summed E-state index contributed by atoms with van der Waals surface area (Å²) in [6, 6.07) is 2.84. The van der Waals surface area contributed by atoms with Gasteiger partial charge in [-0.15, -0.1) is 11.6 Å². The molecule has 0 heterocycles. The molecule has 0 aliphatic rings. The fourth-order valence-electron chi connectivity index (χ4n) is 1.10. The van der Waals surface area contributed by atoms with Crippen molar-refractivity contribution in [3.05, 3.63) is 27.7 Å². The summed E-state index contributed by atoms with van der Waals surface area (Å²) in [6.07, 6.45) is -2.27. The Kier molecular flexibility index (Phi) is 4.49. The van der Waals surface area contributed by atoms with Crippen molar-refractivity contribution in [2.24, 2.45) is 0 Å². The van der Waals surface area contributed by atoms with Gasteiger partial charge in [0.1, 0.15) is 6.10 Å². The van der Waals surface area contributed by atoms with Crippen LogP contribution in [0.25, 0.3) is 0 Å². The van der Waals surface area contributed by atoms with Crippen LogP contribution in [0.15, 0.2) is 12.1 Å². The molecule has 0 aliphatic carbocycles. The number of aliphatic hydroxyl groups excluding tert-OH is 2. The summed E-state index contributed by atoms with van der Waals surface area (Å²) in [7, 11) is 0. The van der Waals surface area contributed by atoms with Gasteiger partial charge in [-0.3, -0.25) is 0 Å². The van der Waals surface area contributed by atoms with Crippen LogP contribution >= 0.6 is 34.8 Å². The number of hydrogen-bond donors (Lipinski definition) is 3. The van der Waals surface area contributed by atoms with Crippen molar-refractivity contribution >= 4 is 40.5 Å². The first-order valence-electron chi connectivity index (χ1n) is 4.14. The second-order valence-electron chi connectivity index (χ2n) is 3.06. The van der Waals surface area contributed by atoms with E-state index in [1.807, 2.05) is 0 Å². The second kappa shape index (κ2) is 5.23. The van der Waals surface area contributed by atoms with Crippen LogP contribution in [0.5, 0.6) is 0 Å². The van der Waals surface area contributed by atoms with Crippen LogP contribution in [0.2, 0.25) is 10.0 Å². The fourth-order valence-corrected chi connectivity index (χ4v) is 1.72. The zero-order valence-electron chi connectivity index (χ0n) is 7.62. The third kappa shape index (κ3) is 2.89. The molecule has 15 heavy (non-hydrogen) atoms. The predicted molar refractivity (Wildman–Crippen MR) is 62.6 cm³/mol. The summed E-state index contributed by atoms with van der Waals surface area (Å²) in [4.78, 5) is 0. The summed E-state index contributed by atoms with van der Waals surface area (Å²) in [5.41, 5.74) is 6.14. The van der Waals surface area contributed by atoms with E-state index in [0.717, 1.165) is 0 Å². The van der Waals surface area contributed by atoms with E-state index < -0.39 is 12.2 Å². The summed E-state index contributed by atoms with van der Waals surface area (Å²) >= 11 is 17.0. The third-order valence-electron chi connectivity index (χ3n) is 1.96. The second-order valence-corrected chi connectivity index (χ2v) is 4.18. The molecule has 1 aromatic carbocycles. The molecule has 4 N–H and O–H groups in total. The van der Waals surface area contributed by atoms with Gasteiger partial charge in [0.15, 0.2) is 0 Å². The number of nitrogens with two attached hydrogens (primary N) is 1. The van der Waals surface area contributed by atoms with Crippen LogP contribution in [0.3, 0.4) is 0 Å². The fraction of sp³-hybridized carbons (Fsp3) is 0.333. The molecule has 0 aromatic heterocycles. The van der Waals surface area contributed by atoms with Crippen LogP contribution < -0.4 is 5.73 Å². The first-order chi connectivity index (χ1) is 6.97. The minimum absolute atomic E-state index is 0.0977. The highest BCUT2D eigenvalue weighted by molar-refractivity contribution is 6.35. The Balaban J connectivity index is 3.09. The molecule has 0 amide bonds. The Morgan fingerprint density at radius 3 is 2.33 bits per heavy atom. The number of hydrogen-bond acceptors (Lipinski definition) is 3. The lowest BCUT2D eigenvalue weighted by Crippen LogP contribution is -2.20. The number of nitrogen functional groups attached to an aromatic ring is 1. The topological polar surface area (TPSA) is 66.5 Å². The van der Waals surface area contributed by atoms with Crippen molar-refractivity contribution in [3.63, 3.8) is 0 Å². The summed E-state index contributed by atoms with van der Waals surface area (Å²) in [5, 5.41) is 19.5. The van der Waals surface area contributed by atoms with Crippen molar-refractivity contribution in [1.29, 1.82) is 0 Å². The number of alkyl halides is 1. The van der Waals surface area contributed by atoms with Gasteiger partial charge in [0.2, 0.25) is 0 Å². The van der Waals surface area contributed by atoms with Crippen molar-refractivity contribution in [2.75, 3.05) is 11.6 Å². The van der Waals surface area contributed by atoms with E-state index in [9.17, 15) is 10.2 Å². The van der Waals surface area contributed by atoms with Crippen molar-refractivity contribution < 1.29 is 10.2 Å². The molecule has 2 unspecified atom stereocenters. The van der Waals surface area contributed by atoms with Gasteiger partial charge in [-0.05, 0) is 12.1 Å². The number of anilines is 1. The van der Waals surface area contributed by atoms with Gasteiger partial charge in [0, 0.05) is 10.6 Å². The van der Waals surface area contributed by atoms with Gasteiger partial charge in [-0.25, -0.2) is 0 Å². The predicted octanol–water partition coefficient (Wildman–Crippen LogP) is 2.21. The van der Waals surface area contributed by atoms with E-state index >= 15 is 0 Å². The van der Waals surface area contributed by atoms with E-state index in [1.54, 1.807) is 0 Å². The molecular formula is C9H10Cl3NO2. The Morgan fingerprint density at radius 1 is 1.20 bits per heavy atom. The smallest absolute Gasteiger partial charge is 0.108 e. The highest BCUT2D eigenvalue weighted by Gasteiger charge is 2.20. The quantitative estimate of drug-likeness (QED) is 0.583. The van der Waals surface area contributed by atoms with E-state index in [2.05, 4.69) is 0 Å². The number of aliphatic hydroxyl groups is 2. The summed E-state index contributed by atoms with van der Waals surface area (Å²) in [6.45, 7) is 0. The molecule has 0 spiro atoms. The molecule has 0 bridgehead atoms. The number of halogens is 3. The van der Waals surface area contributed by atoms with Crippen molar-refractivity contribution in [1.82, 2.24) is 0 Å². The third-order valence-corrected chi connectivity index (χ3v) is 2.93. The largest absolute Gasteiger partial charge is 0.397 e. The Labute approximate surface area is 102 Å². The molecular weight excluding hydrogens is 260 g/mol. The van der Waals surface area contributed by atoms with Gasteiger partial charge in [0.05, 0.1) is 22.7 Å². The SMILES string of the molecule is Nc1cc(Cl)c(C(O)C(O)CCl)cc1Cl. The van der Waals surface area contributed by atoms with Crippen molar-refractivity contribution in [3.8, 4) is 0 Å². The van der Waals surface area contributed by atoms with E-state index in [-0.39, 0.29) is 15.9 Å². The molecule has 3 nitrogen and oxygen atoms in total. The molecule has 1 rings (SSSR count). The first-order valence-corrected chi connectivity index (χ1v) is 5.43. The van der Waals surface area contributed by atoms with Crippen LogP contribution in [0, 0.1) is 0 Å². The molecule has 84 valence electrons. The Morgan fingerprint density at radius 2 is 1.80 bits per heavy atom. The number of rotatable bonds is 3. The van der Waals surface area contributed by atoms with Gasteiger partial charge in [0.25, 0.3) is 0 Å². The zero-order valence-corrected chi connectivity index (χ0v) is 9.89. The van der Waals surface area contributed by atoms with Crippen LogP contribution in [-0.2, 0) is 0 Å². The maximum atomic E-state index is 9.67. The molecule has 2 atom stereocenters. The molecule has 0 fully saturated rings. The number of benzene rings is 1. The first kappa shape index (κ1) is 12.9. The van der Waals surface area contributed by atoms with Crippen molar-refractivity contribution in [2.45, 2.75) is 12.2 Å². The highest BCUT2D eigenvalue weighted by Crippen LogP contribution is 2.32. The summed E-state index contributed by atoms with van der Waals surface area (Å²) < 4.78 is 0. The maximum Gasteiger partial charge on any atom is 0.108 e. The Bertz CT molecular complexity index is 359. The van der Waals surface area contributed by atoms with Crippen LogP contribution in [-0.4, -0.2) is 22.2 Å². The zero-order chi connectivity index (χ0) is 11.6. The maximum absolute atomic E-state index is 9.67. The van der Waals surface area contributed by atoms with E-state index in [4.69, 9.17) is 40.5 Å². The minimum atomic E-state index is -1.17.